The Morgan fingerprint density at radius 1 is 1.47 bits per heavy atom. The van der Waals surface area contributed by atoms with E-state index in [1.807, 2.05) is 0 Å². The number of nitro benzene ring substituents is 1. The molecule has 102 valence electrons. The molecule has 0 aliphatic heterocycles. The highest BCUT2D eigenvalue weighted by Gasteiger charge is 2.09. The first-order valence-electron chi connectivity index (χ1n) is 5.83. The van der Waals surface area contributed by atoms with E-state index in [-0.39, 0.29) is 11.6 Å². The maximum atomic E-state index is 11.5. The smallest absolute Gasteiger partial charge is 0.276 e. The zero-order chi connectivity index (χ0) is 14.1. The van der Waals surface area contributed by atoms with Gasteiger partial charge in [-0.25, -0.2) is 0 Å². The lowest BCUT2D eigenvalue weighted by Gasteiger charge is -2.01. The highest BCUT2D eigenvalue weighted by Crippen LogP contribution is 2.18. The van der Waals surface area contributed by atoms with Crippen molar-refractivity contribution < 1.29 is 14.5 Å². The zero-order valence-corrected chi connectivity index (χ0v) is 10.7. The van der Waals surface area contributed by atoms with E-state index in [4.69, 9.17) is 4.74 Å². The minimum atomic E-state index is -0.476. The van der Waals surface area contributed by atoms with Crippen molar-refractivity contribution >= 4 is 17.7 Å². The number of rotatable bonds is 7. The van der Waals surface area contributed by atoms with E-state index in [9.17, 15) is 14.9 Å². The van der Waals surface area contributed by atoms with E-state index in [2.05, 4.69) is 5.32 Å². The molecular weight excluding hydrogens is 248 g/mol. The third-order valence-corrected chi connectivity index (χ3v) is 2.37. The van der Waals surface area contributed by atoms with Gasteiger partial charge >= 0.3 is 0 Å². The Balaban J connectivity index is 2.56. The number of carbonyl (C=O) groups excluding carboxylic acids is 1. The SMILES string of the molecule is COCCCNC(=O)C=Cc1ccccc1[N+](=O)[O-]. The fourth-order valence-corrected chi connectivity index (χ4v) is 1.45. The number of hydrogen-bond acceptors (Lipinski definition) is 4. The summed E-state index contributed by atoms with van der Waals surface area (Å²) in [5.41, 5.74) is 0.380. The summed E-state index contributed by atoms with van der Waals surface area (Å²) in [6.07, 6.45) is 3.44. The second kappa shape index (κ2) is 7.99. The summed E-state index contributed by atoms with van der Waals surface area (Å²) in [5.74, 6) is -0.283. The molecule has 0 heterocycles. The lowest BCUT2D eigenvalue weighted by Crippen LogP contribution is -2.22. The van der Waals surface area contributed by atoms with Gasteiger partial charge in [-0.3, -0.25) is 14.9 Å². The van der Waals surface area contributed by atoms with E-state index in [1.165, 1.54) is 18.2 Å². The van der Waals surface area contributed by atoms with Crippen molar-refractivity contribution in [2.45, 2.75) is 6.42 Å². The fourth-order valence-electron chi connectivity index (χ4n) is 1.45. The van der Waals surface area contributed by atoms with Crippen molar-refractivity contribution in [3.8, 4) is 0 Å². The molecule has 0 unspecified atom stereocenters. The highest BCUT2D eigenvalue weighted by atomic mass is 16.6. The van der Waals surface area contributed by atoms with Crippen molar-refractivity contribution in [1.29, 1.82) is 0 Å². The first kappa shape index (κ1) is 14.8. The number of carbonyl (C=O) groups is 1. The molecule has 0 saturated carbocycles. The van der Waals surface area contributed by atoms with Crippen LogP contribution in [0.25, 0.3) is 6.08 Å². The summed E-state index contributed by atoms with van der Waals surface area (Å²) in [5, 5.41) is 13.4. The predicted molar refractivity (Wildman–Crippen MR) is 71.6 cm³/mol. The van der Waals surface area contributed by atoms with Gasteiger partial charge in [-0.1, -0.05) is 12.1 Å². The number of amides is 1. The number of benzene rings is 1. The van der Waals surface area contributed by atoms with Crippen LogP contribution in [0.5, 0.6) is 0 Å². The highest BCUT2D eigenvalue weighted by molar-refractivity contribution is 5.92. The Hall–Kier alpha value is -2.21. The standard InChI is InChI=1S/C13H16N2O4/c1-19-10-4-9-14-13(16)8-7-11-5-2-3-6-12(11)15(17)18/h2-3,5-8H,4,9-10H2,1H3,(H,14,16). The lowest BCUT2D eigenvalue weighted by molar-refractivity contribution is -0.385. The molecule has 0 aliphatic rings. The summed E-state index contributed by atoms with van der Waals surface area (Å²) in [4.78, 5) is 21.7. The molecule has 0 aromatic heterocycles. The monoisotopic (exact) mass is 264 g/mol. The van der Waals surface area contributed by atoms with Crippen LogP contribution in [0.2, 0.25) is 0 Å². The number of nitrogens with zero attached hydrogens (tertiary/aromatic N) is 1. The van der Waals surface area contributed by atoms with Crippen molar-refractivity contribution in [2.75, 3.05) is 20.3 Å². The minimum Gasteiger partial charge on any atom is -0.385 e. The predicted octanol–water partition coefficient (Wildman–Crippen LogP) is 1.76. The summed E-state index contributed by atoms with van der Waals surface area (Å²) in [6.45, 7) is 1.09. The molecule has 0 atom stereocenters. The number of methoxy groups -OCH3 is 1. The van der Waals surface area contributed by atoms with Crippen LogP contribution in [-0.2, 0) is 9.53 Å². The first-order chi connectivity index (χ1) is 9.15. The molecule has 1 rings (SSSR count). The van der Waals surface area contributed by atoms with Gasteiger partial charge in [0, 0.05) is 32.4 Å². The van der Waals surface area contributed by atoms with Gasteiger partial charge in [0.05, 0.1) is 10.5 Å². The maximum absolute atomic E-state index is 11.5. The van der Waals surface area contributed by atoms with E-state index in [1.54, 1.807) is 25.3 Å². The molecule has 1 amide bonds. The second-order valence-electron chi connectivity index (χ2n) is 3.79. The van der Waals surface area contributed by atoms with Gasteiger partial charge in [0.15, 0.2) is 0 Å². The Morgan fingerprint density at radius 3 is 2.89 bits per heavy atom. The summed E-state index contributed by atoms with van der Waals surface area (Å²) >= 11 is 0. The molecule has 6 nitrogen and oxygen atoms in total. The van der Waals surface area contributed by atoms with Crippen LogP contribution in [0.4, 0.5) is 5.69 Å². The van der Waals surface area contributed by atoms with Crippen LogP contribution >= 0.6 is 0 Å². The van der Waals surface area contributed by atoms with Crippen LogP contribution in [0, 0.1) is 10.1 Å². The third kappa shape index (κ3) is 5.31. The summed E-state index contributed by atoms with van der Waals surface area (Å²) < 4.78 is 4.85. The number of ether oxygens (including phenoxy) is 1. The largest absolute Gasteiger partial charge is 0.385 e. The molecule has 6 heteroatoms. The molecule has 1 aromatic carbocycles. The van der Waals surface area contributed by atoms with Crippen LogP contribution in [0.1, 0.15) is 12.0 Å². The average molecular weight is 264 g/mol. The molecule has 0 radical (unpaired) electrons. The van der Waals surface area contributed by atoms with Gasteiger partial charge in [0.1, 0.15) is 0 Å². The molecule has 0 fully saturated rings. The maximum Gasteiger partial charge on any atom is 0.276 e. The Kier molecular flexibility index (Phi) is 6.25. The second-order valence-corrected chi connectivity index (χ2v) is 3.79. The molecule has 0 bridgehead atoms. The average Bonchev–Trinajstić information content (AvgIpc) is 2.41. The number of hydrogen-bond donors (Lipinski definition) is 1. The molecule has 1 N–H and O–H groups in total. The van der Waals surface area contributed by atoms with Crippen molar-refractivity contribution in [3.05, 3.63) is 46.0 Å². The number of nitrogens with one attached hydrogen (secondary N) is 1. The molecular formula is C13H16N2O4. The minimum absolute atomic E-state index is 0.0223. The van der Waals surface area contributed by atoms with Crippen LogP contribution in [0.3, 0.4) is 0 Å². The normalized spacial score (nSPS) is 10.6. The molecule has 19 heavy (non-hydrogen) atoms. The quantitative estimate of drug-likeness (QED) is 0.352. The van der Waals surface area contributed by atoms with Crippen LogP contribution < -0.4 is 5.32 Å². The van der Waals surface area contributed by atoms with Crippen molar-refractivity contribution in [1.82, 2.24) is 5.32 Å². The first-order valence-corrected chi connectivity index (χ1v) is 5.83. The fraction of sp³-hybridized carbons (Fsp3) is 0.308. The van der Waals surface area contributed by atoms with Gasteiger partial charge in [-0.2, -0.15) is 0 Å². The zero-order valence-electron chi connectivity index (χ0n) is 10.7. The van der Waals surface area contributed by atoms with Gasteiger partial charge in [-0.15, -0.1) is 0 Å². The molecule has 0 saturated heterocycles. The topological polar surface area (TPSA) is 81.5 Å². The Labute approximate surface area is 111 Å². The van der Waals surface area contributed by atoms with Crippen LogP contribution in [0.15, 0.2) is 30.3 Å². The van der Waals surface area contributed by atoms with Crippen LogP contribution in [-0.4, -0.2) is 31.1 Å². The molecule has 0 spiro atoms. The van der Waals surface area contributed by atoms with E-state index >= 15 is 0 Å². The van der Waals surface area contributed by atoms with E-state index in [0.717, 1.165) is 6.42 Å². The number of nitro groups is 1. The summed E-state index contributed by atoms with van der Waals surface area (Å²) in [6, 6.07) is 6.26. The van der Waals surface area contributed by atoms with Gasteiger partial charge in [-0.05, 0) is 18.6 Å². The van der Waals surface area contributed by atoms with Gasteiger partial charge in [0.2, 0.25) is 5.91 Å². The van der Waals surface area contributed by atoms with E-state index < -0.39 is 4.92 Å². The number of para-hydroxylation sites is 1. The third-order valence-electron chi connectivity index (χ3n) is 2.37. The summed E-state index contributed by atoms with van der Waals surface area (Å²) in [7, 11) is 1.59. The Morgan fingerprint density at radius 2 is 2.21 bits per heavy atom. The Bertz CT molecular complexity index is 471. The van der Waals surface area contributed by atoms with E-state index in [0.29, 0.717) is 18.7 Å². The molecule has 1 aromatic rings. The van der Waals surface area contributed by atoms with Crippen molar-refractivity contribution in [3.63, 3.8) is 0 Å². The van der Waals surface area contributed by atoms with Gasteiger partial charge < -0.3 is 10.1 Å². The lowest BCUT2D eigenvalue weighted by atomic mass is 10.1. The van der Waals surface area contributed by atoms with Gasteiger partial charge in [0.25, 0.3) is 5.69 Å². The van der Waals surface area contributed by atoms with Crippen molar-refractivity contribution in [2.24, 2.45) is 0 Å². The molecule has 0 aliphatic carbocycles.